The SMILES string of the molecule is CCC(=O)c1sc(N2CCCC(C)(C)CC2)c(C#N)c1N. The highest BCUT2D eigenvalue weighted by Gasteiger charge is 2.28. The predicted molar refractivity (Wildman–Crippen MR) is 87.9 cm³/mol. The summed E-state index contributed by atoms with van der Waals surface area (Å²) in [6.45, 7) is 8.24. The minimum atomic E-state index is 0.0235. The largest absolute Gasteiger partial charge is 0.396 e. The van der Waals surface area contributed by atoms with Gasteiger partial charge in [-0.15, -0.1) is 11.3 Å². The lowest BCUT2D eigenvalue weighted by atomic mass is 9.85. The van der Waals surface area contributed by atoms with Crippen LogP contribution in [-0.4, -0.2) is 18.9 Å². The van der Waals surface area contributed by atoms with Gasteiger partial charge in [-0.2, -0.15) is 5.26 Å². The molecule has 1 aromatic rings. The van der Waals surface area contributed by atoms with Crippen molar-refractivity contribution in [2.24, 2.45) is 5.41 Å². The molecule has 0 spiro atoms. The Labute approximate surface area is 130 Å². The van der Waals surface area contributed by atoms with Gasteiger partial charge in [-0.1, -0.05) is 20.8 Å². The van der Waals surface area contributed by atoms with E-state index in [0.717, 1.165) is 30.9 Å². The second-order valence-electron chi connectivity index (χ2n) is 6.42. The van der Waals surface area contributed by atoms with Gasteiger partial charge in [-0.05, 0) is 24.7 Å². The summed E-state index contributed by atoms with van der Waals surface area (Å²) < 4.78 is 0. The fraction of sp³-hybridized carbons (Fsp3) is 0.625. The monoisotopic (exact) mass is 305 g/mol. The standard InChI is InChI=1S/C16H23N3OS/c1-4-12(20)14-13(18)11(10-17)15(21-14)19-8-5-6-16(2,3)7-9-19/h4-9,18H2,1-3H3. The van der Waals surface area contributed by atoms with Crippen LogP contribution < -0.4 is 10.6 Å². The van der Waals surface area contributed by atoms with Gasteiger partial charge >= 0.3 is 0 Å². The molecule has 0 unspecified atom stereocenters. The molecule has 2 N–H and O–H groups in total. The number of nitrogens with two attached hydrogens (primary N) is 1. The van der Waals surface area contributed by atoms with Crippen LogP contribution in [0.15, 0.2) is 0 Å². The third-order valence-corrected chi connectivity index (χ3v) is 5.55. The van der Waals surface area contributed by atoms with Crippen LogP contribution in [0.1, 0.15) is 61.7 Å². The van der Waals surface area contributed by atoms with E-state index in [2.05, 4.69) is 24.8 Å². The fourth-order valence-electron chi connectivity index (χ4n) is 2.76. The number of anilines is 2. The molecule has 1 aliphatic rings. The van der Waals surface area contributed by atoms with E-state index in [-0.39, 0.29) is 5.78 Å². The minimum absolute atomic E-state index is 0.0235. The first-order valence-electron chi connectivity index (χ1n) is 7.50. The van der Waals surface area contributed by atoms with Gasteiger partial charge in [0.15, 0.2) is 5.78 Å². The van der Waals surface area contributed by atoms with Gasteiger partial charge < -0.3 is 10.6 Å². The predicted octanol–water partition coefficient (Wildman–Crippen LogP) is 3.81. The molecule has 1 saturated heterocycles. The minimum Gasteiger partial charge on any atom is -0.396 e. The number of carbonyl (C=O) groups is 1. The molecule has 21 heavy (non-hydrogen) atoms. The van der Waals surface area contributed by atoms with Gasteiger partial charge in [-0.3, -0.25) is 4.79 Å². The summed E-state index contributed by atoms with van der Waals surface area (Å²) in [5.74, 6) is 0.0235. The summed E-state index contributed by atoms with van der Waals surface area (Å²) in [4.78, 5) is 14.8. The van der Waals surface area contributed by atoms with Crippen LogP contribution in [0.5, 0.6) is 0 Å². The van der Waals surface area contributed by atoms with Crippen molar-refractivity contribution in [3.8, 4) is 6.07 Å². The van der Waals surface area contributed by atoms with Crippen molar-refractivity contribution in [2.75, 3.05) is 23.7 Å². The number of Topliss-reactive ketones (excluding diaryl/α,β-unsaturated/α-hetero) is 1. The molecule has 2 rings (SSSR count). The van der Waals surface area contributed by atoms with Gasteiger partial charge in [0.25, 0.3) is 0 Å². The van der Waals surface area contributed by atoms with E-state index in [0.29, 0.717) is 28.0 Å². The summed E-state index contributed by atoms with van der Waals surface area (Å²) >= 11 is 1.39. The quantitative estimate of drug-likeness (QED) is 0.862. The van der Waals surface area contributed by atoms with Crippen LogP contribution >= 0.6 is 11.3 Å². The highest BCUT2D eigenvalue weighted by Crippen LogP contribution is 2.40. The van der Waals surface area contributed by atoms with Crippen molar-refractivity contribution < 1.29 is 4.79 Å². The van der Waals surface area contributed by atoms with Gasteiger partial charge in [-0.25, -0.2) is 0 Å². The number of nitrogen functional groups attached to an aromatic ring is 1. The van der Waals surface area contributed by atoms with Crippen LogP contribution in [-0.2, 0) is 0 Å². The second-order valence-corrected chi connectivity index (χ2v) is 7.42. The van der Waals surface area contributed by atoms with Gasteiger partial charge in [0, 0.05) is 19.5 Å². The lowest BCUT2D eigenvalue weighted by Crippen LogP contribution is -2.24. The molecule has 1 fully saturated rings. The van der Waals surface area contributed by atoms with Crippen molar-refractivity contribution >= 4 is 27.8 Å². The molecule has 0 saturated carbocycles. The second kappa shape index (κ2) is 6.07. The number of hydrogen-bond acceptors (Lipinski definition) is 5. The number of thiophene rings is 1. The summed E-state index contributed by atoms with van der Waals surface area (Å²) in [7, 11) is 0. The van der Waals surface area contributed by atoms with Crippen molar-refractivity contribution in [1.29, 1.82) is 5.26 Å². The molecule has 1 aliphatic heterocycles. The molecule has 2 heterocycles. The number of nitrogens with zero attached hydrogens (tertiary/aromatic N) is 2. The van der Waals surface area contributed by atoms with E-state index >= 15 is 0 Å². The molecule has 4 nitrogen and oxygen atoms in total. The molecule has 0 aromatic carbocycles. The summed E-state index contributed by atoms with van der Waals surface area (Å²) in [5.41, 5.74) is 7.22. The van der Waals surface area contributed by atoms with Crippen molar-refractivity contribution in [2.45, 2.75) is 46.5 Å². The lowest BCUT2D eigenvalue weighted by Gasteiger charge is -2.24. The summed E-state index contributed by atoms with van der Waals surface area (Å²) in [6, 6.07) is 2.19. The molecular weight excluding hydrogens is 282 g/mol. The molecule has 0 aliphatic carbocycles. The molecule has 5 heteroatoms. The molecule has 0 radical (unpaired) electrons. The smallest absolute Gasteiger partial charge is 0.174 e. The number of carbonyl (C=O) groups excluding carboxylic acids is 1. The van der Waals surface area contributed by atoms with E-state index in [1.807, 2.05) is 6.92 Å². The van der Waals surface area contributed by atoms with Crippen molar-refractivity contribution in [3.63, 3.8) is 0 Å². The van der Waals surface area contributed by atoms with E-state index < -0.39 is 0 Å². The maximum atomic E-state index is 12.0. The molecule has 0 amide bonds. The Bertz CT molecular complexity index is 583. The van der Waals surface area contributed by atoms with Crippen LogP contribution in [0.2, 0.25) is 0 Å². The first kappa shape index (κ1) is 15.8. The maximum Gasteiger partial charge on any atom is 0.174 e. The Kier molecular flexibility index (Phi) is 4.58. The maximum absolute atomic E-state index is 12.0. The zero-order chi connectivity index (χ0) is 15.6. The third kappa shape index (κ3) is 3.21. The first-order chi connectivity index (χ1) is 9.89. The Balaban J connectivity index is 2.35. The number of hydrogen-bond donors (Lipinski definition) is 1. The van der Waals surface area contributed by atoms with Crippen molar-refractivity contribution in [1.82, 2.24) is 0 Å². The molecule has 1 aromatic heterocycles. The zero-order valence-corrected chi connectivity index (χ0v) is 13.8. The van der Waals surface area contributed by atoms with E-state index in [1.165, 1.54) is 17.8 Å². The van der Waals surface area contributed by atoms with Crippen LogP contribution in [0.4, 0.5) is 10.7 Å². The number of nitriles is 1. The van der Waals surface area contributed by atoms with E-state index in [9.17, 15) is 10.1 Å². The van der Waals surface area contributed by atoms with Gasteiger partial charge in [0.05, 0.1) is 10.6 Å². The van der Waals surface area contributed by atoms with Gasteiger partial charge in [0.2, 0.25) is 0 Å². The van der Waals surface area contributed by atoms with E-state index in [4.69, 9.17) is 5.73 Å². The lowest BCUT2D eigenvalue weighted by molar-refractivity contribution is 0.0993. The molecule has 0 atom stereocenters. The highest BCUT2D eigenvalue weighted by atomic mass is 32.1. The van der Waals surface area contributed by atoms with Gasteiger partial charge in [0.1, 0.15) is 16.6 Å². The number of ketones is 1. The highest BCUT2D eigenvalue weighted by molar-refractivity contribution is 7.19. The number of rotatable bonds is 3. The third-order valence-electron chi connectivity index (χ3n) is 4.24. The van der Waals surface area contributed by atoms with Crippen molar-refractivity contribution in [3.05, 3.63) is 10.4 Å². The fourth-order valence-corrected chi connectivity index (χ4v) is 3.99. The average molecular weight is 305 g/mol. The Morgan fingerprint density at radius 1 is 1.43 bits per heavy atom. The zero-order valence-electron chi connectivity index (χ0n) is 13.0. The molecule has 0 bridgehead atoms. The Hall–Kier alpha value is -1.54. The summed E-state index contributed by atoms with van der Waals surface area (Å²) in [5, 5.41) is 10.3. The van der Waals surface area contributed by atoms with E-state index in [1.54, 1.807) is 0 Å². The van der Waals surface area contributed by atoms with Crippen LogP contribution in [0.25, 0.3) is 0 Å². The normalized spacial score (nSPS) is 18.1. The van der Waals surface area contributed by atoms with Crippen LogP contribution in [0, 0.1) is 16.7 Å². The Morgan fingerprint density at radius 3 is 2.76 bits per heavy atom. The summed E-state index contributed by atoms with van der Waals surface area (Å²) in [6.07, 6.45) is 3.80. The molecular formula is C16H23N3OS. The Morgan fingerprint density at radius 2 is 2.14 bits per heavy atom. The first-order valence-corrected chi connectivity index (χ1v) is 8.31. The van der Waals surface area contributed by atoms with Crippen LogP contribution in [0.3, 0.4) is 0 Å². The topological polar surface area (TPSA) is 70.1 Å². The molecule has 114 valence electrons. The average Bonchev–Trinajstić information content (AvgIpc) is 2.66.